The van der Waals surface area contributed by atoms with E-state index < -0.39 is 15.9 Å². The molecule has 1 heterocycles. The molecule has 0 aromatic carbocycles. The van der Waals surface area contributed by atoms with Crippen molar-refractivity contribution in [2.75, 3.05) is 25.1 Å². The van der Waals surface area contributed by atoms with Crippen molar-refractivity contribution in [3.63, 3.8) is 0 Å². The van der Waals surface area contributed by atoms with Gasteiger partial charge in [-0.25, -0.2) is 18.1 Å². The smallest absolute Gasteiger partial charge is 0.254 e. The van der Waals surface area contributed by atoms with Crippen molar-refractivity contribution in [2.24, 2.45) is 0 Å². The maximum atomic E-state index is 11.7. The van der Waals surface area contributed by atoms with Crippen LogP contribution in [0.2, 0.25) is 5.15 Å². The topological polar surface area (TPSA) is 114 Å². The number of nitrogens with two attached hydrogens (primary N) is 1. The Kier molecular flexibility index (Phi) is 5.52. The highest BCUT2D eigenvalue weighted by Gasteiger charge is 2.11. The van der Waals surface area contributed by atoms with Gasteiger partial charge in [-0.3, -0.25) is 4.79 Å². The Hall–Kier alpha value is -1.38. The molecule has 106 valence electrons. The SMILES string of the molecule is CS(=O)(=O)NCCCNC(=O)c1cc(N)cnc1Cl. The molecule has 0 saturated carbocycles. The van der Waals surface area contributed by atoms with Gasteiger partial charge in [-0.05, 0) is 12.5 Å². The molecule has 0 aliphatic carbocycles. The first-order chi connectivity index (χ1) is 8.79. The number of hydrogen-bond donors (Lipinski definition) is 3. The van der Waals surface area contributed by atoms with Crippen LogP contribution in [-0.2, 0) is 10.0 Å². The molecule has 4 N–H and O–H groups in total. The van der Waals surface area contributed by atoms with Crippen LogP contribution in [0, 0.1) is 0 Å². The first kappa shape index (κ1) is 15.7. The largest absolute Gasteiger partial charge is 0.397 e. The lowest BCUT2D eigenvalue weighted by molar-refractivity contribution is 0.0953. The van der Waals surface area contributed by atoms with Gasteiger partial charge in [0.05, 0.1) is 23.7 Å². The Morgan fingerprint density at radius 1 is 1.47 bits per heavy atom. The Labute approximate surface area is 116 Å². The van der Waals surface area contributed by atoms with Crippen molar-refractivity contribution in [3.05, 3.63) is 23.0 Å². The van der Waals surface area contributed by atoms with E-state index in [1.54, 1.807) is 0 Å². The Bertz CT molecular complexity index is 562. The lowest BCUT2D eigenvalue weighted by Gasteiger charge is -2.07. The fraction of sp³-hybridized carbons (Fsp3) is 0.400. The third-order valence-electron chi connectivity index (χ3n) is 2.11. The van der Waals surface area contributed by atoms with Crippen molar-refractivity contribution >= 4 is 33.2 Å². The molecule has 1 amide bonds. The summed E-state index contributed by atoms with van der Waals surface area (Å²) in [5, 5.41) is 2.67. The number of nitrogen functional groups attached to an aromatic ring is 1. The summed E-state index contributed by atoms with van der Waals surface area (Å²) in [5.41, 5.74) is 6.05. The first-order valence-electron chi connectivity index (χ1n) is 5.43. The summed E-state index contributed by atoms with van der Waals surface area (Å²) in [4.78, 5) is 15.5. The molecular formula is C10H15ClN4O3S. The minimum atomic E-state index is -3.20. The van der Waals surface area contributed by atoms with E-state index in [-0.39, 0.29) is 17.3 Å². The van der Waals surface area contributed by atoms with E-state index in [1.165, 1.54) is 12.3 Å². The van der Waals surface area contributed by atoms with E-state index in [0.717, 1.165) is 6.26 Å². The molecule has 1 rings (SSSR count). The Morgan fingerprint density at radius 3 is 2.79 bits per heavy atom. The van der Waals surface area contributed by atoms with Gasteiger partial charge < -0.3 is 11.1 Å². The fourth-order valence-electron chi connectivity index (χ4n) is 1.27. The monoisotopic (exact) mass is 306 g/mol. The molecule has 9 heteroatoms. The number of pyridine rings is 1. The fourth-order valence-corrected chi connectivity index (χ4v) is 1.97. The number of rotatable bonds is 6. The highest BCUT2D eigenvalue weighted by molar-refractivity contribution is 7.88. The van der Waals surface area contributed by atoms with Gasteiger partial charge in [-0.15, -0.1) is 0 Å². The molecule has 1 aromatic rings. The summed E-state index contributed by atoms with van der Waals surface area (Å²) in [7, 11) is -3.20. The normalized spacial score (nSPS) is 11.3. The minimum Gasteiger partial charge on any atom is -0.397 e. The molecule has 0 aliphatic rings. The number of halogens is 1. The lowest BCUT2D eigenvalue weighted by atomic mass is 10.2. The number of aromatic nitrogens is 1. The molecule has 0 saturated heterocycles. The van der Waals surface area contributed by atoms with Crippen LogP contribution in [0.5, 0.6) is 0 Å². The molecule has 0 bridgehead atoms. The zero-order valence-corrected chi connectivity index (χ0v) is 11.9. The zero-order chi connectivity index (χ0) is 14.5. The second kappa shape index (κ2) is 6.69. The third-order valence-corrected chi connectivity index (χ3v) is 3.14. The maximum absolute atomic E-state index is 11.7. The summed E-state index contributed by atoms with van der Waals surface area (Å²) in [6.07, 6.45) is 2.89. The first-order valence-corrected chi connectivity index (χ1v) is 7.70. The second-order valence-electron chi connectivity index (χ2n) is 3.88. The van der Waals surface area contributed by atoms with E-state index >= 15 is 0 Å². The van der Waals surface area contributed by atoms with Gasteiger partial charge >= 0.3 is 0 Å². The summed E-state index contributed by atoms with van der Waals surface area (Å²) in [6, 6.07) is 1.43. The van der Waals surface area contributed by atoms with Crippen LogP contribution in [0.1, 0.15) is 16.8 Å². The van der Waals surface area contributed by atoms with Crippen LogP contribution in [0.15, 0.2) is 12.3 Å². The molecule has 0 fully saturated rings. The number of nitrogens with zero attached hydrogens (tertiary/aromatic N) is 1. The zero-order valence-electron chi connectivity index (χ0n) is 10.3. The van der Waals surface area contributed by atoms with E-state index in [1.807, 2.05) is 0 Å². The number of hydrogen-bond acceptors (Lipinski definition) is 5. The van der Waals surface area contributed by atoms with Gasteiger partial charge in [-0.1, -0.05) is 11.6 Å². The van der Waals surface area contributed by atoms with E-state index in [0.29, 0.717) is 18.7 Å². The average Bonchev–Trinajstić information content (AvgIpc) is 2.30. The van der Waals surface area contributed by atoms with Gasteiger partial charge in [0.25, 0.3) is 5.91 Å². The maximum Gasteiger partial charge on any atom is 0.254 e. The van der Waals surface area contributed by atoms with Crippen molar-refractivity contribution in [1.82, 2.24) is 15.0 Å². The van der Waals surface area contributed by atoms with E-state index in [2.05, 4.69) is 15.0 Å². The third kappa shape index (κ3) is 5.86. The van der Waals surface area contributed by atoms with Crippen molar-refractivity contribution in [1.29, 1.82) is 0 Å². The molecule has 1 aromatic heterocycles. The molecular weight excluding hydrogens is 292 g/mol. The number of sulfonamides is 1. The molecule has 0 aliphatic heterocycles. The van der Waals surface area contributed by atoms with Crippen LogP contribution in [-0.4, -0.2) is 38.7 Å². The Balaban J connectivity index is 2.42. The van der Waals surface area contributed by atoms with Crippen molar-refractivity contribution < 1.29 is 13.2 Å². The van der Waals surface area contributed by atoms with Crippen LogP contribution in [0.25, 0.3) is 0 Å². The van der Waals surface area contributed by atoms with E-state index in [4.69, 9.17) is 17.3 Å². The van der Waals surface area contributed by atoms with Crippen LogP contribution in [0.3, 0.4) is 0 Å². The predicted molar refractivity (Wildman–Crippen MR) is 73.5 cm³/mol. The van der Waals surface area contributed by atoms with Gasteiger partial charge in [0.2, 0.25) is 10.0 Å². The minimum absolute atomic E-state index is 0.0703. The molecule has 7 nitrogen and oxygen atoms in total. The quantitative estimate of drug-likeness (QED) is 0.505. The highest BCUT2D eigenvalue weighted by Crippen LogP contribution is 2.15. The molecule has 0 unspecified atom stereocenters. The summed E-state index contributed by atoms with van der Waals surface area (Å²) < 4.78 is 23.9. The highest BCUT2D eigenvalue weighted by atomic mass is 35.5. The molecule has 0 atom stereocenters. The van der Waals surface area contributed by atoms with Gasteiger partial charge in [0, 0.05) is 13.1 Å². The lowest BCUT2D eigenvalue weighted by Crippen LogP contribution is -2.29. The predicted octanol–water partition coefficient (Wildman–Crippen LogP) is -0.0137. The number of anilines is 1. The van der Waals surface area contributed by atoms with Crippen molar-refractivity contribution in [3.8, 4) is 0 Å². The van der Waals surface area contributed by atoms with Crippen molar-refractivity contribution in [2.45, 2.75) is 6.42 Å². The van der Waals surface area contributed by atoms with Gasteiger partial charge in [0.1, 0.15) is 5.15 Å². The van der Waals surface area contributed by atoms with E-state index in [9.17, 15) is 13.2 Å². The van der Waals surface area contributed by atoms with Crippen LogP contribution >= 0.6 is 11.6 Å². The Morgan fingerprint density at radius 2 is 2.16 bits per heavy atom. The van der Waals surface area contributed by atoms with Gasteiger partial charge in [-0.2, -0.15) is 0 Å². The molecule has 19 heavy (non-hydrogen) atoms. The summed E-state index contributed by atoms with van der Waals surface area (Å²) >= 11 is 5.77. The van der Waals surface area contributed by atoms with Gasteiger partial charge in [0.15, 0.2) is 0 Å². The number of nitrogens with one attached hydrogen (secondary N) is 2. The number of carbonyl (C=O) groups is 1. The molecule has 0 spiro atoms. The average molecular weight is 307 g/mol. The molecule has 0 radical (unpaired) electrons. The second-order valence-corrected chi connectivity index (χ2v) is 6.07. The van der Waals surface area contributed by atoms with Crippen LogP contribution < -0.4 is 15.8 Å². The summed E-state index contributed by atoms with van der Waals surface area (Å²) in [5.74, 6) is -0.399. The van der Waals surface area contributed by atoms with Crippen LogP contribution in [0.4, 0.5) is 5.69 Å². The number of carbonyl (C=O) groups excluding carboxylic acids is 1. The summed E-state index contributed by atoms with van der Waals surface area (Å²) in [6.45, 7) is 0.564. The standard InChI is InChI=1S/C10H15ClN4O3S/c1-19(17,18)15-4-2-3-13-10(16)8-5-7(12)6-14-9(8)11/h5-6,15H,2-4,12H2,1H3,(H,13,16). The number of amides is 1.